The topological polar surface area (TPSA) is 68.3 Å². The van der Waals surface area contributed by atoms with E-state index in [1.807, 2.05) is 25.1 Å². The van der Waals surface area contributed by atoms with Crippen molar-refractivity contribution in [2.24, 2.45) is 0 Å². The molecule has 0 spiro atoms. The maximum atomic E-state index is 9.01. The second-order valence-corrected chi connectivity index (χ2v) is 4.22. The number of hydrogen-bond donors (Lipinski definition) is 4. The Bertz CT molecular complexity index is 489. The van der Waals surface area contributed by atoms with E-state index in [-0.39, 0.29) is 19.3 Å². The van der Waals surface area contributed by atoms with Crippen molar-refractivity contribution in [3.8, 4) is 0 Å². The molecule has 1 aromatic carbocycles. The van der Waals surface area contributed by atoms with Crippen molar-refractivity contribution in [2.45, 2.75) is 19.5 Å². The molecule has 92 valence electrons. The fourth-order valence-electron chi connectivity index (χ4n) is 2.00. The molecule has 4 N–H and O–H groups in total. The van der Waals surface area contributed by atoms with Crippen LogP contribution in [-0.4, -0.2) is 34.5 Å². The number of aliphatic hydroxyl groups excluding tert-OH is 2. The monoisotopic (exact) mass is 234 g/mol. The van der Waals surface area contributed by atoms with Crippen molar-refractivity contribution >= 4 is 10.9 Å². The van der Waals surface area contributed by atoms with Crippen molar-refractivity contribution in [3.05, 3.63) is 35.5 Å². The summed E-state index contributed by atoms with van der Waals surface area (Å²) in [6.45, 7) is 2.56. The predicted molar refractivity (Wildman–Crippen MR) is 67.8 cm³/mol. The second kappa shape index (κ2) is 5.31. The lowest BCUT2D eigenvalue weighted by molar-refractivity contribution is 0.170. The zero-order chi connectivity index (χ0) is 12.3. The van der Waals surface area contributed by atoms with Gasteiger partial charge in [0.2, 0.25) is 0 Å². The molecular weight excluding hydrogens is 216 g/mol. The summed E-state index contributed by atoms with van der Waals surface area (Å²) >= 11 is 0. The summed E-state index contributed by atoms with van der Waals surface area (Å²) in [5.74, 6) is 0. The van der Waals surface area contributed by atoms with Crippen LogP contribution in [0.3, 0.4) is 0 Å². The number of aliphatic hydroxyl groups is 2. The molecule has 1 aromatic heterocycles. The number of rotatable bonds is 5. The zero-order valence-electron chi connectivity index (χ0n) is 9.90. The number of aromatic amines is 1. The summed E-state index contributed by atoms with van der Waals surface area (Å²) in [4.78, 5) is 3.32. The highest BCUT2D eigenvalue weighted by atomic mass is 16.3. The van der Waals surface area contributed by atoms with Gasteiger partial charge in [0, 0.05) is 23.1 Å². The van der Waals surface area contributed by atoms with E-state index in [0.717, 1.165) is 11.2 Å². The maximum Gasteiger partial charge on any atom is 0.0607 e. The molecule has 0 aliphatic rings. The van der Waals surface area contributed by atoms with Gasteiger partial charge in [-0.2, -0.15) is 0 Å². The largest absolute Gasteiger partial charge is 0.395 e. The van der Waals surface area contributed by atoms with Crippen LogP contribution < -0.4 is 5.32 Å². The van der Waals surface area contributed by atoms with Crippen molar-refractivity contribution in [1.29, 1.82) is 0 Å². The third-order valence-electron chi connectivity index (χ3n) is 3.04. The van der Waals surface area contributed by atoms with Crippen LogP contribution in [0.2, 0.25) is 0 Å². The molecule has 0 saturated carbocycles. The molecule has 0 fully saturated rings. The van der Waals surface area contributed by atoms with Crippen molar-refractivity contribution < 1.29 is 10.2 Å². The minimum absolute atomic E-state index is 0.0576. The van der Waals surface area contributed by atoms with E-state index >= 15 is 0 Å². The van der Waals surface area contributed by atoms with Crippen LogP contribution in [0, 0.1) is 6.92 Å². The summed E-state index contributed by atoms with van der Waals surface area (Å²) in [7, 11) is 0. The molecule has 0 unspecified atom stereocenters. The second-order valence-electron chi connectivity index (χ2n) is 4.22. The van der Waals surface area contributed by atoms with Crippen molar-refractivity contribution in [3.63, 3.8) is 0 Å². The van der Waals surface area contributed by atoms with Gasteiger partial charge in [0.1, 0.15) is 0 Å². The Hall–Kier alpha value is -1.36. The molecule has 2 rings (SSSR count). The van der Waals surface area contributed by atoms with Crippen LogP contribution in [0.4, 0.5) is 0 Å². The Morgan fingerprint density at radius 1 is 1.24 bits per heavy atom. The van der Waals surface area contributed by atoms with Gasteiger partial charge in [-0.1, -0.05) is 18.2 Å². The average molecular weight is 234 g/mol. The molecule has 4 nitrogen and oxygen atoms in total. The highest BCUT2D eigenvalue weighted by molar-refractivity contribution is 5.84. The van der Waals surface area contributed by atoms with Crippen LogP contribution in [0.5, 0.6) is 0 Å². The number of fused-ring (bicyclic) bond motifs is 1. The van der Waals surface area contributed by atoms with Gasteiger partial charge in [-0.05, 0) is 18.6 Å². The number of benzene rings is 1. The van der Waals surface area contributed by atoms with E-state index in [9.17, 15) is 0 Å². The lowest BCUT2D eigenvalue weighted by Gasteiger charge is -2.13. The molecule has 17 heavy (non-hydrogen) atoms. The van der Waals surface area contributed by atoms with E-state index in [1.54, 1.807) is 0 Å². The lowest BCUT2D eigenvalue weighted by atomic mass is 10.1. The molecule has 0 saturated heterocycles. The van der Waals surface area contributed by atoms with Crippen molar-refractivity contribution in [1.82, 2.24) is 10.3 Å². The van der Waals surface area contributed by atoms with Gasteiger partial charge in [0.25, 0.3) is 0 Å². The zero-order valence-corrected chi connectivity index (χ0v) is 9.90. The summed E-state index contributed by atoms with van der Waals surface area (Å²) in [6.07, 6.45) is 0. The SMILES string of the molecule is Cc1[nH]c2ccccc2c1CNC(CO)CO. The Morgan fingerprint density at radius 2 is 1.94 bits per heavy atom. The highest BCUT2D eigenvalue weighted by Crippen LogP contribution is 2.21. The predicted octanol–water partition coefficient (Wildman–Crippen LogP) is 0.919. The first-order valence-electron chi connectivity index (χ1n) is 5.77. The molecule has 0 aliphatic heterocycles. The third-order valence-corrected chi connectivity index (χ3v) is 3.04. The molecule has 2 aromatic rings. The number of aromatic nitrogens is 1. The van der Waals surface area contributed by atoms with Gasteiger partial charge in [0.15, 0.2) is 0 Å². The first-order valence-corrected chi connectivity index (χ1v) is 5.77. The van der Waals surface area contributed by atoms with E-state index in [0.29, 0.717) is 6.54 Å². The van der Waals surface area contributed by atoms with Gasteiger partial charge in [-0.25, -0.2) is 0 Å². The number of aryl methyl sites for hydroxylation is 1. The normalized spacial score (nSPS) is 11.5. The smallest absolute Gasteiger partial charge is 0.0607 e. The molecule has 0 radical (unpaired) electrons. The Labute approximate surface area is 100 Å². The van der Waals surface area contributed by atoms with Gasteiger partial charge >= 0.3 is 0 Å². The molecule has 0 atom stereocenters. The first-order chi connectivity index (χ1) is 8.26. The standard InChI is InChI=1S/C13H18N2O2/c1-9-12(6-14-10(7-16)8-17)11-4-2-3-5-13(11)15-9/h2-5,10,14-17H,6-8H2,1H3. The minimum Gasteiger partial charge on any atom is -0.395 e. The molecular formula is C13H18N2O2. The van der Waals surface area contributed by atoms with Crippen LogP contribution in [-0.2, 0) is 6.54 Å². The number of para-hydroxylation sites is 1. The molecule has 1 heterocycles. The van der Waals surface area contributed by atoms with Crippen LogP contribution in [0.25, 0.3) is 10.9 Å². The maximum absolute atomic E-state index is 9.01. The number of H-pyrrole nitrogens is 1. The van der Waals surface area contributed by atoms with Crippen molar-refractivity contribution in [2.75, 3.05) is 13.2 Å². The van der Waals surface area contributed by atoms with Gasteiger partial charge < -0.3 is 20.5 Å². The number of hydrogen-bond acceptors (Lipinski definition) is 3. The first kappa shape index (κ1) is 12.1. The summed E-state index contributed by atoms with van der Waals surface area (Å²) in [6, 6.07) is 7.86. The number of nitrogens with one attached hydrogen (secondary N) is 2. The molecule has 0 amide bonds. The van der Waals surface area contributed by atoms with E-state index in [2.05, 4.69) is 16.4 Å². The fourth-order valence-corrected chi connectivity index (χ4v) is 2.00. The van der Waals surface area contributed by atoms with Gasteiger partial charge in [-0.3, -0.25) is 0 Å². The summed E-state index contributed by atoms with van der Waals surface area (Å²) < 4.78 is 0. The van der Waals surface area contributed by atoms with Crippen LogP contribution in [0.15, 0.2) is 24.3 Å². The van der Waals surface area contributed by atoms with E-state index in [4.69, 9.17) is 10.2 Å². The molecule has 4 heteroatoms. The fraction of sp³-hybridized carbons (Fsp3) is 0.385. The lowest BCUT2D eigenvalue weighted by Crippen LogP contribution is -2.35. The summed E-state index contributed by atoms with van der Waals surface area (Å²) in [5, 5.41) is 22.3. The minimum atomic E-state index is -0.261. The molecule has 0 aliphatic carbocycles. The Morgan fingerprint density at radius 3 is 2.65 bits per heavy atom. The Kier molecular flexibility index (Phi) is 3.78. The van der Waals surface area contributed by atoms with E-state index in [1.165, 1.54) is 10.9 Å². The van der Waals surface area contributed by atoms with Gasteiger partial charge in [-0.15, -0.1) is 0 Å². The third kappa shape index (κ3) is 2.49. The highest BCUT2D eigenvalue weighted by Gasteiger charge is 2.10. The van der Waals surface area contributed by atoms with E-state index < -0.39 is 0 Å². The molecule has 0 bridgehead atoms. The average Bonchev–Trinajstić information content (AvgIpc) is 2.67. The van der Waals surface area contributed by atoms with Gasteiger partial charge in [0.05, 0.1) is 19.3 Å². The van der Waals surface area contributed by atoms with Crippen LogP contribution in [0.1, 0.15) is 11.3 Å². The Balaban J connectivity index is 2.20. The van der Waals surface area contributed by atoms with Crippen LogP contribution >= 0.6 is 0 Å². The quantitative estimate of drug-likeness (QED) is 0.622. The summed E-state index contributed by atoms with van der Waals surface area (Å²) in [5.41, 5.74) is 3.42.